The zero-order valence-electron chi connectivity index (χ0n) is 11.0. The van der Waals surface area contributed by atoms with Gasteiger partial charge in [-0.1, -0.05) is 32.0 Å². The maximum Gasteiger partial charge on any atom is 0.282 e. The summed E-state index contributed by atoms with van der Waals surface area (Å²) in [5.74, 6) is -0.843. The van der Waals surface area contributed by atoms with E-state index in [0.29, 0.717) is 0 Å². The second-order valence-electron chi connectivity index (χ2n) is 4.20. The molecule has 0 fully saturated rings. The number of hydrogen-bond donors (Lipinski definition) is 2. The summed E-state index contributed by atoms with van der Waals surface area (Å²) in [6, 6.07) is 9.23. The van der Waals surface area contributed by atoms with E-state index >= 15 is 0 Å². The van der Waals surface area contributed by atoms with Crippen LogP contribution in [0.25, 0.3) is 0 Å². The molecule has 0 spiro atoms. The van der Waals surface area contributed by atoms with Crippen molar-refractivity contribution in [2.45, 2.75) is 26.8 Å². The summed E-state index contributed by atoms with van der Waals surface area (Å²) >= 11 is 0. The fourth-order valence-electron chi connectivity index (χ4n) is 1.06. The van der Waals surface area contributed by atoms with E-state index in [9.17, 15) is 4.79 Å². The average molecular weight is 252 g/mol. The van der Waals surface area contributed by atoms with Crippen molar-refractivity contribution < 1.29 is 20.4 Å². The molecule has 1 rings (SSSR count). The first-order valence-electron chi connectivity index (χ1n) is 5.71. The lowest BCUT2D eigenvalue weighted by Crippen LogP contribution is -2.68. The Balaban J connectivity index is 0.000000631. The van der Waals surface area contributed by atoms with Crippen LogP contribution >= 0.6 is 0 Å². The molecule has 1 atom stereocenters. The minimum atomic E-state index is -1.08. The number of nitrogens with one attached hydrogen (secondary N) is 1. The monoisotopic (exact) mass is 252 g/mol. The predicted octanol–water partition coefficient (Wildman–Crippen LogP) is -0.352. The van der Waals surface area contributed by atoms with Crippen molar-refractivity contribution in [2.75, 3.05) is 5.32 Å². The number of benzene rings is 1. The third-order valence-electron chi connectivity index (χ3n) is 2.18. The first-order valence-corrected chi connectivity index (χ1v) is 5.71. The van der Waals surface area contributed by atoms with Crippen LogP contribution in [-0.4, -0.2) is 17.9 Å². The van der Waals surface area contributed by atoms with Gasteiger partial charge in [-0.3, -0.25) is 4.79 Å². The molecule has 0 aromatic heterocycles. The van der Waals surface area contributed by atoms with Crippen LogP contribution in [0, 0.1) is 5.92 Å². The highest BCUT2D eigenvalue weighted by atomic mass is 16.4. The van der Waals surface area contributed by atoms with Gasteiger partial charge < -0.3 is 21.0 Å². The van der Waals surface area contributed by atoms with Gasteiger partial charge in [0.25, 0.3) is 5.91 Å². The lowest BCUT2D eigenvalue weighted by Gasteiger charge is -2.12. The van der Waals surface area contributed by atoms with Crippen LogP contribution in [0.1, 0.15) is 20.8 Å². The van der Waals surface area contributed by atoms with E-state index in [2.05, 4.69) is 11.1 Å². The third-order valence-corrected chi connectivity index (χ3v) is 2.18. The second kappa shape index (κ2) is 8.25. The molecule has 0 bridgehead atoms. The Labute approximate surface area is 107 Å². The van der Waals surface area contributed by atoms with E-state index in [-0.39, 0.29) is 17.9 Å². The van der Waals surface area contributed by atoms with E-state index in [1.165, 1.54) is 0 Å². The minimum Gasteiger partial charge on any atom is -0.550 e. The first kappa shape index (κ1) is 16.1. The molecule has 1 aromatic rings. The smallest absolute Gasteiger partial charge is 0.282 e. The Bertz CT molecular complexity index is 373. The fraction of sp³-hybridized carbons (Fsp3) is 0.385. The summed E-state index contributed by atoms with van der Waals surface area (Å²) in [7, 11) is 0. The third kappa shape index (κ3) is 7.40. The van der Waals surface area contributed by atoms with Gasteiger partial charge in [-0.05, 0) is 19.1 Å². The number of carbonyl (C=O) groups excluding carboxylic acids is 2. The molecule has 1 amide bonds. The number of para-hydroxylation sites is 1. The van der Waals surface area contributed by atoms with Gasteiger partial charge >= 0.3 is 0 Å². The van der Waals surface area contributed by atoms with Gasteiger partial charge in [0.15, 0.2) is 6.04 Å². The number of quaternary nitrogens is 1. The number of rotatable bonds is 3. The normalized spacial score (nSPS) is 11.2. The predicted molar refractivity (Wildman–Crippen MR) is 67.3 cm³/mol. The summed E-state index contributed by atoms with van der Waals surface area (Å²) in [6.07, 6.45) is 0. The van der Waals surface area contributed by atoms with Gasteiger partial charge in [0.2, 0.25) is 0 Å². The van der Waals surface area contributed by atoms with Gasteiger partial charge in [-0.25, -0.2) is 0 Å². The molecular weight excluding hydrogens is 232 g/mol. The molecule has 5 heteroatoms. The lowest BCUT2D eigenvalue weighted by molar-refractivity contribution is -0.412. The first-order chi connectivity index (χ1) is 8.34. The fourth-order valence-corrected chi connectivity index (χ4v) is 1.06. The SMILES string of the molecule is CC(=O)[O-].CC(C)[C@H]([NH3+])C(=O)Nc1ccccc1. The van der Waals surface area contributed by atoms with Gasteiger partial charge in [-0.15, -0.1) is 0 Å². The van der Waals surface area contributed by atoms with Crippen molar-refractivity contribution in [3.63, 3.8) is 0 Å². The quantitative estimate of drug-likeness (QED) is 0.769. The highest BCUT2D eigenvalue weighted by Crippen LogP contribution is 2.06. The van der Waals surface area contributed by atoms with Crippen LogP contribution in [0.4, 0.5) is 5.69 Å². The standard InChI is InChI=1S/C11H16N2O.C2H4O2/c1-8(2)10(12)11(14)13-9-6-4-3-5-7-9;1-2(3)4/h3-8,10H,12H2,1-2H3,(H,13,14);1H3,(H,3,4)/t10-;/m0./s1. The Hall–Kier alpha value is -1.88. The van der Waals surface area contributed by atoms with Crippen LogP contribution < -0.4 is 16.2 Å². The molecule has 0 aliphatic rings. The molecule has 5 nitrogen and oxygen atoms in total. The highest BCUT2D eigenvalue weighted by molar-refractivity contribution is 5.93. The molecule has 0 saturated heterocycles. The highest BCUT2D eigenvalue weighted by Gasteiger charge is 2.20. The van der Waals surface area contributed by atoms with Crippen molar-refractivity contribution in [1.29, 1.82) is 0 Å². The van der Waals surface area contributed by atoms with Gasteiger partial charge in [0.05, 0.1) is 0 Å². The van der Waals surface area contributed by atoms with Gasteiger partial charge in [0, 0.05) is 17.6 Å². The van der Waals surface area contributed by atoms with E-state index in [1.54, 1.807) is 0 Å². The second-order valence-corrected chi connectivity index (χ2v) is 4.20. The minimum absolute atomic E-state index is 0.0220. The van der Waals surface area contributed by atoms with Crippen LogP contribution in [0.2, 0.25) is 0 Å². The maximum atomic E-state index is 11.6. The number of hydrogen-bond acceptors (Lipinski definition) is 3. The number of aliphatic carboxylic acids is 1. The Morgan fingerprint density at radius 3 is 2.06 bits per heavy atom. The molecule has 4 N–H and O–H groups in total. The molecule has 0 heterocycles. The number of carboxylic acid groups (broad SMARTS) is 1. The number of amides is 1. The zero-order chi connectivity index (χ0) is 14.1. The molecule has 0 unspecified atom stereocenters. The molecule has 0 radical (unpaired) electrons. The molecule has 1 aromatic carbocycles. The molecule has 0 saturated carbocycles. The lowest BCUT2D eigenvalue weighted by atomic mass is 10.1. The number of carboxylic acids is 1. The van der Waals surface area contributed by atoms with Crippen molar-refractivity contribution in [1.82, 2.24) is 0 Å². The van der Waals surface area contributed by atoms with Crippen molar-refractivity contribution in [2.24, 2.45) is 5.92 Å². The van der Waals surface area contributed by atoms with Gasteiger partial charge in [-0.2, -0.15) is 0 Å². The molecule has 0 aliphatic heterocycles. The number of anilines is 1. The zero-order valence-corrected chi connectivity index (χ0v) is 11.0. The summed E-state index contributed by atoms with van der Waals surface area (Å²) in [6.45, 7) is 4.95. The summed E-state index contributed by atoms with van der Waals surface area (Å²) < 4.78 is 0. The van der Waals surface area contributed by atoms with E-state index < -0.39 is 5.97 Å². The number of carbonyl (C=O) groups is 2. The van der Waals surface area contributed by atoms with Crippen molar-refractivity contribution in [3.8, 4) is 0 Å². The van der Waals surface area contributed by atoms with Crippen LogP contribution in [0.3, 0.4) is 0 Å². The van der Waals surface area contributed by atoms with Crippen LogP contribution in [-0.2, 0) is 9.59 Å². The van der Waals surface area contributed by atoms with Crippen molar-refractivity contribution in [3.05, 3.63) is 30.3 Å². The Morgan fingerprint density at radius 1 is 1.22 bits per heavy atom. The molecule has 100 valence electrons. The molecule has 0 aliphatic carbocycles. The van der Waals surface area contributed by atoms with E-state index in [4.69, 9.17) is 9.90 Å². The van der Waals surface area contributed by atoms with E-state index in [0.717, 1.165) is 12.6 Å². The Morgan fingerprint density at radius 2 is 1.67 bits per heavy atom. The van der Waals surface area contributed by atoms with Gasteiger partial charge in [0.1, 0.15) is 0 Å². The topological polar surface area (TPSA) is 96.9 Å². The maximum absolute atomic E-state index is 11.6. The summed E-state index contributed by atoms with van der Waals surface area (Å²) in [5.41, 5.74) is 4.65. The van der Waals surface area contributed by atoms with Crippen LogP contribution in [0.15, 0.2) is 30.3 Å². The van der Waals surface area contributed by atoms with E-state index in [1.807, 2.05) is 44.2 Å². The van der Waals surface area contributed by atoms with Crippen LogP contribution in [0.5, 0.6) is 0 Å². The summed E-state index contributed by atoms with van der Waals surface area (Å²) in [4.78, 5) is 20.5. The van der Waals surface area contributed by atoms with Crippen molar-refractivity contribution >= 4 is 17.6 Å². The Kier molecular flexibility index (Phi) is 7.38. The average Bonchev–Trinajstić information content (AvgIpc) is 2.28. The molecular formula is C13H20N2O3. The summed E-state index contributed by atoms with van der Waals surface area (Å²) in [5, 5.41) is 11.7. The molecule has 18 heavy (non-hydrogen) atoms. The largest absolute Gasteiger partial charge is 0.550 e.